The Labute approximate surface area is 137 Å². The molecule has 0 radical (unpaired) electrons. The van der Waals surface area contributed by atoms with Gasteiger partial charge in [0.1, 0.15) is 17.1 Å². The van der Waals surface area contributed by atoms with Crippen LogP contribution in [0.4, 0.5) is 5.82 Å². The first-order valence-electron chi connectivity index (χ1n) is 7.29. The van der Waals surface area contributed by atoms with Crippen molar-refractivity contribution in [1.82, 2.24) is 13.7 Å². The Morgan fingerprint density at radius 1 is 1.30 bits per heavy atom. The molecule has 3 aromatic rings. The van der Waals surface area contributed by atoms with Crippen LogP contribution in [0.3, 0.4) is 0 Å². The number of morpholine rings is 1. The third kappa shape index (κ3) is 2.63. The summed E-state index contributed by atoms with van der Waals surface area (Å²) in [6.45, 7) is 2.05. The van der Waals surface area contributed by atoms with Crippen LogP contribution in [0.1, 0.15) is 17.2 Å². The van der Waals surface area contributed by atoms with E-state index in [1.165, 1.54) is 11.7 Å². The standard InChI is InChI=1S/C16H13N5OS/c17-9-11-2-1-3-12(8-11)14-10-21(6-7-22-14)16-15-13(4-5-18-16)19-23-20-15/h1-5,8,14H,6-7,10H2. The molecule has 114 valence electrons. The third-order valence-corrected chi connectivity index (χ3v) is 4.45. The highest BCUT2D eigenvalue weighted by molar-refractivity contribution is 7.00. The van der Waals surface area contributed by atoms with Crippen LogP contribution in [0.15, 0.2) is 36.5 Å². The summed E-state index contributed by atoms with van der Waals surface area (Å²) in [5.41, 5.74) is 3.36. The Balaban J connectivity index is 1.64. The Morgan fingerprint density at radius 2 is 2.26 bits per heavy atom. The summed E-state index contributed by atoms with van der Waals surface area (Å²) in [6.07, 6.45) is 1.68. The van der Waals surface area contributed by atoms with Gasteiger partial charge in [-0.15, -0.1) is 0 Å². The number of rotatable bonds is 2. The molecule has 0 spiro atoms. The molecular weight excluding hydrogens is 310 g/mol. The van der Waals surface area contributed by atoms with Crippen LogP contribution in [-0.4, -0.2) is 33.4 Å². The summed E-state index contributed by atoms with van der Waals surface area (Å²) in [6, 6.07) is 11.6. The molecular formula is C16H13N5OS. The summed E-state index contributed by atoms with van der Waals surface area (Å²) < 4.78 is 14.5. The lowest BCUT2D eigenvalue weighted by atomic mass is 10.0. The first kappa shape index (κ1) is 14.1. The SMILES string of the molecule is N#Cc1cccc(C2CN(c3nccc4nsnc34)CCO2)c1. The molecule has 23 heavy (non-hydrogen) atoms. The van der Waals surface area contributed by atoms with Crippen molar-refractivity contribution in [1.29, 1.82) is 5.26 Å². The van der Waals surface area contributed by atoms with Gasteiger partial charge in [0.15, 0.2) is 5.82 Å². The first-order valence-corrected chi connectivity index (χ1v) is 8.02. The summed E-state index contributed by atoms with van der Waals surface area (Å²) in [7, 11) is 0. The zero-order valence-electron chi connectivity index (χ0n) is 12.2. The minimum Gasteiger partial charge on any atom is -0.370 e. The fourth-order valence-corrected chi connectivity index (χ4v) is 3.32. The largest absolute Gasteiger partial charge is 0.370 e. The van der Waals surface area contributed by atoms with Crippen molar-refractivity contribution in [3.63, 3.8) is 0 Å². The maximum absolute atomic E-state index is 9.06. The van der Waals surface area contributed by atoms with Crippen molar-refractivity contribution in [3.05, 3.63) is 47.7 Å². The molecule has 0 saturated carbocycles. The van der Waals surface area contributed by atoms with Gasteiger partial charge in [-0.1, -0.05) is 12.1 Å². The lowest BCUT2D eigenvalue weighted by Crippen LogP contribution is -2.39. The van der Waals surface area contributed by atoms with Crippen molar-refractivity contribution < 1.29 is 4.74 Å². The highest BCUT2D eigenvalue weighted by Gasteiger charge is 2.25. The molecule has 1 aliphatic heterocycles. The van der Waals surface area contributed by atoms with Crippen molar-refractivity contribution in [2.24, 2.45) is 0 Å². The van der Waals surface area contributed by atoms with Crippen molar-refractivity contribution in [2.45, 2.75) is 6.10 Å². The molecule has 3 heterocycles. The normalized spacial score (nSPS) is 18.0. The van der Waals surface area contributed by atoms with Gasteiger partial charge in [-0.2, -0.15) is 14.0 Å². The first-order chi connectivity index (χ1) is 11.3. The topological polar surface area (TPSA) is 74.9 Å². The molecule has 1 fully saturated rings. The number of hydrogen-bond donors (Lipinski definition) is 0. The molecule has 1 unspecified atom stereocenters. The number of fused-ring (bicyclic) bond motifs is 1. The lowest BCUT2D eigenvalue weighted by molar-refractivity contribution is 0.0396. The van der Waals surface area contributed by atoms with Gasteiger partial charge in [-0.05, 0) is 23.8 Å². The average Bonchev–Trinajstić information content (AvgIpc) is 3.10. The molecule has 0 N–H and O–H groups in total. The summed E-state index contributed by atoms with van der Waals surface area (Å²) in [4.78, 5) is 6.66. The molecule has 7 heteroatoms. The van der Waals surface area contributed by atoms with E-state index in [-0.39, 0.29) is 6.10 Å². The van der Waals surface area contributed by atoms with Crippen LogP contribution in [0.2, 0.25) is 0 Å². The van der Waals surface area contributed by atoms with Crippen LogP contribution >= 0.6 is 11.7 Å². The quantitative estimate of drug-likeness (QED) is 0.721. The van der Waals surface area contributed by atoms with Gasteiger partial charge in [0.2, 0.25) is 0 Å². The number of nitrogens with zero attached hydrogens (tertiary/aromatic N) is 5. The van der Waals surface area contributed by atoms with E-state index in [1.807, 2.05) is 24.3 Å². The molecule has 1 aromatic carbocycles. The van der Waals surface area contributed by atoms with E-state index in [2.05, 4.69) is 24.7 Å². The van der Waals surface area contributed by atoms with Gasteiger partial charge >= 0.3 is 0 Å². The van der Waals surface area contributed by atoms with Gasteiger partial charge in [-0.3, -0.25) is 0 Å². The second-order valence-electron chi connectivity index (χ2n) is 5.31. The van der Waals surface area contributed by atoms with Crippen LogP contribution in [0, 0.1) is 11.3 Å². The van der Waals surface area contributed by atoms with E-state index in [4.69, 9.17) is 10.00 Å². The molecule has 4 rings (SSSR count). The summed E-state index contributed by atoms with van der Waals surface area (Å²) in [5, 5.41) is 9.06. The van der Waals surface area contributed by atoms with E-state index in [9.17, 15) is 0 Å². The molecule has 1 saturated heterocycles. The van der Waals surface area contributed by atoms with Gasteiger partial charge in [0, 0.05) is 19.3 Å². The van der Waals surface area contributed by atoms with Crippen molar-refractivity contribution >= 4 is 28.6 Å². The number of anilines is 1. The minimum absolute atomic E-state index is 0.0827. The molecule has 0 amide bonds. The molecule has 1 aliphatic rings. The van der Waals surface area contributed by atoms with Crippen LogP contribution in [-0.2, 0) is 4.74 Å². The zero-order chi connectivity index (χ0) is 15.6. The maximum Gasteiger partial charge on any atom is 0.158 e. The smallest absolute Gasteiger partial charge is 0.158 e. The van der Waals surface area contributed by atoms with Crippen LogP contribution in [0.5, 0.6) is 0 Å². The number of aromatic nitrogens is 3. The fourth-order valence-electron chi connectivity index (χ4n) is 2.78. The number of benzene rings is 1. The average molecular weight is 323 g/mol. The molecule has 0 bridgehead atoms. The molecule has 1 atom stereocenters. The minimum atomic E-state index is -0.0827. The summed E-state index contributed by atoms with van der Waals surface area (Å²) in [5.74, 6) is 0.848. The van der Waals surface area contributed by atoms with Gasteiger partial charge in [0.05, 0.1) is 30.0 Å². The number of hydrogen-bond acceptors (Lipinski definition) is 7. The van der Waals surface area contributed by atoms with E-state index < -0.39 is 0 Å². The Bertz CT molecular complexity index is 887. The third-order valence-electron chi connectivity index (χ3n) is 3.91. The Hall–Kier alpha value is -2.56. The number of pyridine rings is 1. The van der Waals surface area contributed by atoms with E-state index in [0.717, 1.165) is 29.0 Å². The molecule has 0 aliphatic carbocycles. The number of nitriles is 1. The zero-order valence-corrected chi connectivity index (χ0v) is 13.0. The fraction of sp³-hybridized carbons (Fsp3) is 0.250. The monoisotopic (exact) mass is 323 g/mol. The van der Waals surface area contributed by atoms with E-state index in [0.29, 0.717) is 18.7 Å². The molecule has 6 nitrogen and oxygen atoms in total. The van der Waals surface area contributed by atoms with Crippen LogP contribution < -0.4 is 4.90 Å². The van der Waals surface area contributed by atoms with Gasteiger partial charge in [-0.25, -0.2) is 4.98 Å². The number of ether oxygens (including phenoxy) is 1. The second kappa shape index (κ2) is 5.91. The van der Waals surface area contributed by atoms with Crippen molar-refractivity contribution in [2.75, 3.05) is 24.6 Å². The Morgan fingerprint density at radius 3 is 3.17 bits per heavy atom. The van der Waals surface area contributed by atoms with Gasteiger partial charge < -0.3 is 9.64 Å². The van der Waals surface area contributed by atoms with E-state index >= 15 is 0 Å². The second-order valence-corrected chi connectivity index (χ2v) is 5.84. The van der Waals surface area contributed by atoms with Crippen LogP contribution in [0.25, 0.3) is 11.0 Å². The summed E-state index contributed by atoms with van der Waals surface area (Å²) >= 11 is 1.20. The predicted molar refractivity (Wildman–Crippen MR) is 87.3 cm³/mol. The Kier molecular flexibility index (Phi) is 3.61. The predicted octanol–water partition coefficient (Wildman–Crippen LogP) is 2.54. The maximum atomic E-state index is 9.06. The highest BCUT2D eigenvalue weighted by Crippen LogP contribution is 2.29. The highest BCUT2D eigenvalue weighted by atomic mass is 32.1. The van der Waals surface area contributed by atoms with E-state index in [1.54, 1.807) is 12.3 Å². The molecule has 2 aromatic heterocycles. The lowest BCUT2D eigenvalue weighted by Gasteiger charge is -2.34. The van der Waals surface area contributed by atoms with Crippen molar-refractivity contribution in [3.8, 4) is 6.07 Å². The van der Waals surface area contributed by atoms with Gasteiger partial charge in [0.25, 0.3) is 0 Å².